The molecule has 0 bridgehead atoms. The van der Waals surface area contributed by atoms with Gasteiger partial charge in [0.15, 0.2) is 0 Å². The maximum Gasteiger partial charge on any atom is 0.255 e. The van der Waals surface area contributed by atoms with Gasteiger partial charge in [-0.05, 0) is 33.1 Å². The highest BCUT2D eigenvalue weighted by molar-refractivity contribution is 5.95. The highest BCUT2D eigenvalue weighted by Gasteiger charge is 2.38. The van der Waals surface area contributed by atoms with Gasteiger partial charge in [0.05, 0.1) is 29.9 Å². The van der Waals surface area contributed by atoms with Crippen LogP contribution in [-0.4, -0.2) is 44.0 Å². The second kappa shape index (κ2) is 8.55. The van der Waals surface area contributed by atoms with E-state index in [-0.39, 0.29) is 24.3 Å². The van der Waals surface area contributed by atoms with Gasteiger partial charge in [-0.25, -0.2) is 0 Å². The summed E-state index contributed by atoms with van der Waals surface area (Å²) in [6.45, 7) is 6.63. The van der Waals surface area contributed by atoms with Crippen LogP contribution in [0.4, 0.5) is 0 Å². The van der Waals surface area contributed by atoms with Crippen molar-refractivity contribution >= 4 is 11.8 Å². The number of hydrogen-bond donors (Lipinski definition) is 3. The minimum atomic E-state index is -0.764. The second-order valence-corrected chi connectivity index (χ2v) is 7.35. The van der Waals surface area contributed by atoms with Crippen molar-refractivity contribution in [2.45, 2.75) is 65.3 Å². The van der Waals surface area contributed by atoms with Gasteiger partial charge in [0.25, 0.3) is 5.91 Å². The van der Waals surface area contributed by atoms with E-state index in [1.165, 1.54) is 0 Å². The normalized spacial score (nSPS) is 21.6. The fourth-order valence-electron chi connectivity index (χ4n) is 3.54. The molecule has 28 heavy (non-hydrogen) atoms. The molecular formula is C19H27N5O4. The van der Waals surface area contributed by atoms with E-state index in [9.17, 15) is 14.7 Å². The van der Waals surface area contributed by atoms with Crippen molar-refractivity contribution in [3.8, 4) is 0 Å². The molecule has 0 aromatic carbocycles. The third kappa shape index (κ3) is 4.59. The maximum atomic E-state index is 12.6. The van der Waals surface area contributed by atoms with Crippen LogP contribution in [0.15, 0.2) is 16.8 Å². The molecule has 1 fully saturated rings. The molecule has 0 saturated heterocycles. The molecule has 3 N–H and O–H groups in total. The van der Waals surface area contributed by atoms with Crippen molar-refractivity contribution in [2.75, 3.05) is 0 Å². The molecule has 0 radical (unpaired) electrons. The van der Waals surface area contributed by atoms with Crippen LogP contribution in [0, 0.1) is 19.8 Å². The molecule has 2 amide bonds. The van der Waals surface area contributed by atoms with E-state index in [0.29, 0.717) is 35.6 Å². The standard InChI is InChI=1S/C19H27N5O4/c1-4-5-24-10-15(12(3)22-24)19(27)21-16-7-13(8-17(16)25)18(26)20-9-14-6-11(2)28-23-14/h6,10,13,16-17,25H,4-5,7-9H2,1-3H3,(H,20,26)(H,21,27)/t13-,16-,17-/m0/s1. The highest BCUT2D eigenvalue weighted by atomic mass is 16.5. The monoisotopic (exact) mass is 389 g/mol. The Morgan fingerprint density at radius 2 is 2.14 bits per heavy atom. The molecule has 0 unspecified atom stereocenters. The van der Waals surface area contributed by atoms with Crippen LogP contribution in [0.3, 0.4) is 0 Å². The van der Waals surface area contributed by atoms with Gasteiger partial charge in [-0.3, -0.25) is 14.3 Å². The van der Waals surface area contributed by atoms with E-state index in [2.05, 4.69) is 20.9 Å². The average molecular weight is 389 g/mol. The quantitative estimate of drug-likeness (QED) is 0.651. The summed E-state index contributed by atoms with van der Waals surface area (Å²) >= 11 is 0. The van der Waals surface area contributed by atoms with Gasteiger partial charge in [-0.2, -0.15) is 5.10 Å². The summed E-state index contributed by atoms with van der Waals surface area (Å²) in [6.07, 6.45) is 2.58. The number of nitrogens with zero attached hydrogens (tertiary/aromatic N) is 3. The molecule has 9 nitrogen and oxygen atoms in total. The minimum Gasteiger partial charge on any atom is -0.391 e. The number of carbonyl (C=O) groups excluding carboxylic acids is 2. The molecule has 1 saturated carbocycles. The lowest BCUT2D eigenvalue weighted by Crippen LogP contribution is -2.40. The first-order valence-electron chi connectivity index (χ1n) is 9.60. The third-order valence-electron chi connectivity index (χ3n) is 4.98. The Labute approximate surface area is 163 Å². The van der Waals surface area contributed by atoms with Gasteiger partial charge in [0, 0.05) is 24.7 Å². The van der Waals surface area contributed by atoms with E-state index in [0.717, 1.165) is 13.0 Å². The zero-order valence-electron chi connectivity index (χ0n) is 16.4. The van der Waals surface area contributed by atoms with E-state index in [1.807, 2.05) is 6.92 Å². The summed E-state index contributed by atoms with van der Waals surface area (Å²) < 4.78 is 6.72. The van der Waals surface area contributed by atoms with E-state index in [4.69, 9.17) is 4.52 Å². The molecule has 2 aromatic heterocycles. The number of hydrogen-bond acceptors (Lipinski definition) is 6. The molecule has 3 rings (SSSR count). The fourth-order valence-corrected chi connectivity index (χ4v) is 3.54. The first-order chi connectivity index (χ1) is 13.4. The van der Waals surface area contributed by atoms with Gasteiger partial charge in [0.2, 0.25) is 5.91 Å². The number of aliphatic hydroxyl groups excluding tert-OH is 1. The molecule has 152 valence electrons. The summed E-state index contributed by atoms with van der Waals surface area (Å²) in [7, 11) is 0. The van der Waals surface area contributed by atoms with Gasteiger partial charge >= 0.3 is 0 Å². The molecule has 2 aromatic rings. The Kier molecular flexibility index (Phi) is 6.13. The minimum absolute atomic E-state index is 0.164. The Morgan fingerprint density at radius 3 is 2.82 bits per heavy atom. The maximum absolute atomic E-state index is 12.6. The average Bonchev–Trinajstić information content (AvgIpc) is 3.33. The number of aromatic nitrogens is 3. The number of carbonyl (C=O) groups is 2. The van der Waals surface area contributed by atoms with Crippen LogP contribution < -0.4 is 10.6 Å². The van der Waals surface area contributed by atoms with Crippen LogP contribution >= 0.6 is 0 Å². The van der Waals surface area contributed by atoms with Crippen molar-refractivity contribution in [1.29, 1.82) is 0 Å². The Hall–Kier alpha value is -2.68. The van der Waals surface area contributed by atoms with Crippen LogP contribution in [0.2, 0.25) is 0 Å². The smallest absolute Gasteiger partial charge is 0.255 e. The summed E-state index contributed by atoms with van der Waals surface area (Å²) in [6, 6.07) is 1.29. The number of nitrogens with one attached hydrogen (secondary N) is 2. The zero-order valence-corrected chi connectivity index (χ0v) is 16.4. The Balaban J connectivity index is 1.54. The van der Waals surface area contributed by atoms with Gasteiger partial charge < -0.3 is 20.3 Å². The lowest BCUT2D eigenvalue weighted by molar-refractivity contribution is -0.125. The van der Waals surface area contributed by atoms with Crippen molar-refractivity contribution in [1.82, 2.24) is 25.6 Å². The predicted octanol–water partition coefficient (Wildman–Crippen LogP) is 1.08. The first kappa shape index (κ1) is 20.1. The van der Waals surface area contributed by atoms with E-state index < -0.39 is 12.1 Å². The van der Waals surface area contributed by atoms with E-state index >= 15 is 0 Å². The predicted molar refractivity (Wildman–Crippen MR) is 100 cm³/mol. The van der Waals surface area contributed by atoms with Crippen molar-refractivity contribution < 1.29 is 19.2 Å². The summed E-state index contributed by atoms with van der Waals surface area (Å²) in [5.41, 5.74) is 1.79. The molecule has 3 atom stereocenters. The van der Waals surface area contributed by atoms with E-state index in [1.54, 1.807) is 30.8 Å². The van der Waals surface area contributed by atoms with Crippen molar-refractivity contribution in [2.24, 2.45) is 5.92 Å². The van der Waals surface area contributed by atoms with Crippen molar-refractivity contribution in [3.63, 3.8) is 0 Å². The summed E-state index contributed by atoms with van der Waals surface area (Å²) in [5.74, 6) is -0.121. The zero-order chi connectivity index (χ0) is 20.3. The highest BCUT2D eigenvalue weighted by Crippen LogP contribution is 2.27. The Morgan fingerprint density at radius 1 is 1.36 bits per heavy atom. The number of amides is 2. The molecule has 1 aliphatic rings. The summed E-state index contributed by atoms with van der Waals surface area (Å²) in [5, 5.41) is 24.1. The van der Waals surface area contributed by atoms with Crippen LogP contribution in [0.5, 0.6) is 0 Å². The Bertz CT molecular complexity index is 843. The summed E-state index contributed by atoms with van der Waals surface area (Å²) in [4.78, 5) is 25.0. The number of aryl methyl sites for hydroxylation is 3. The number of rotatable bonds is 7. The SMILES string of the molecule is CCCn1cc(C(=O)N[C@H]2C[C@H](C(=O)NCc3cc(C)on3)C[C@@H]2O)c(C)n1. The molecule has 1 aliphatic carbocycles. The molecule has 0 spiro atoms. The topological polar surface area (TPSA) is 122 Å². The van der Waals surface area contributed by atoms with Crippen LogP contribution in [0.25, 0.3) is 0 Å². The second-order valence-electron chi connectivity index (χ2n) is 7.35. The number of aliphatic hydroxyl groups is 1. The van der Waals surface area contributed by atoms with Gasteiger partial charge in [-0.15, -0.1) is 0 Å². The molecule has 9 heteroatoms. The lowest BCUT2D eigenvalue weighted by Gasteiger charge is -2.16. The van der Waals surface area contributed by atoms with Gasteiger partial charge in [0.1, 0.15) is 11.5 Å². The van der Waals surface area contributed by atoms with Crippen molar-refractivity contribution in [3.05, 3.63) is 35.0 Å². The lowest BCUT2D eigenvalue weighted by atomic mass is 10.1. The third-order valence-corrected chi connectivity index (χ3v) is 4.98. The molecule has 2 heterocycles. The molecular weight excluding hydrogens is 362 g/mol. The molecule has 0 aliphatic heterocycles. The largest absolute Gasteiger partial charge is 0.391 e. The van der Waals surface area contributed by atoms with Crippen LogP contribution in [-0.2, 0) is 17.9 Å². The van der Waals surface area contributed by atoms with Crippen LogP contribution in [0.1, 0.15) is 53.7 Å². The van der Waals surface area contributed by atoms with Gasteiger partial charge in [-0.1, -0.05) is 12.1 Å². The first-order valence-corrected chi connectivity index (χ1v) is 9.60. The fraction of sp³-hybridized carbons (Fsp3) is 0.579.